The largest absolute Gasteiger partial charge is 0.497 e. The SMILES string of the molecule is COc1cccc(CNC(=O)COc2ccc(CC#N)cc2)c1. The molecule has 0 unspecified atom stereocenters. The molecule has 0 fully saturated rings. The molecule has 0 saturated heterocycles. The van der Waals surface area contributed by atoms with Crippen LogP contribution in [-0.4, -0.2) is 19.6 Å². The summed E-state index contributed by atoms with van der Waals surface area (Å²) >= 11 is 0. The Morgan fingerprint density at radius 3 is 2.61 bits per heavy atom. The van der Waals surface area contributed by atoms with E-state index in [2.05, 4.69) is 11.4 Å². The lowest BCUT2D eigenvalue weighted by Gasteiger charge is -2.08. The van der Waals surface area contributed by atoms with Crippen molar-refractivity contribution in [2.75, 3.05) is 13.7 Å². The predicted octanol–water partition coefficient (Wildman–Crippen LogP) is 2.46. The van der Waals surface area contributed by atoms with Gasteiger partial charge in [0.2, 0.25) is 0 Å². The van der Waals surface area contributed by atoms with Crippen LogP contribution in [0.25, 0.3) is 0 Å². The molecule has 0 bridgehead atoms. The van der Waals surface area contributed by atoms with E-state index in [-0.39, 0.29) is 12.5 Å². The van der Waals surface area contributed by atoms with E-state index in [0.29, 0.717) is 18.7 Å². The maximum Gasteiger partial charge on any atom is 0.258 e. The summed E-state index contributed by atoms with van der Waals surface area (Å²) in [6.07, 6.45) is 0.362. The maximum atomic E-state index is 11.8. The molecule has 0 aliphatic carbocycles. The Morgan fingerprint density at radius 2 is 1.91 bits per heavy atom. The van der Waals surface area contributed by atoms with Crippen molar-refractivity contribution < 1.29 is 14.3 Å². The number of amides is 1. The van der Waals surface area contributed by atoms with E-state index in [1.54, 1.807) is 19.2 Å². The quantitative estimate of drug-likeness (QED) is 0.852. The Labute approximate surface area is 135 Å². The van der Waals surface area contributed by atoms with E-state index in [4.69, 9.17) is 14.7 Å². The van der Waals surface area contributed by atoms with Gasteiger partial charge in [-0.2, -0.15) is 5.26 Å². The van der Waals surface area contributed by atoms with Gasteiger partial charge in [-0.15, -0.1) is 0 Å². The van der Waals surface area contributed by atoms with Crippen molar-refractivity contribution in [1.29, 1.82) is 5.26 Å². The fourth-order valence-corrected chi connectivity index (χ4v) is 1.98. The number of carbonyl (C=O) groups is 1. The number of nitriles is 1. The molecular weight excluding hydrogens is 292 g/mol. The first-order valence-electron chi connectivity index (χ1n) is 7.19. The second-order valence-corrected chi connectivity index (χ2v) is 4.90. The predicted molar refractivity (Wildman–Crippen MR) is 86.1 cm³/mol. The summed E-state index contributed by atoms with van der Waals surface area (Å²) in [4.78, 5) is 11.8. The van der Waals surface area contributed by atoms with E-state index >= 15 is 0 Å². The second kappa shape index (κ2) is 8.44. The molecule has 0 heterocycles. The monoisotopic (exact) mass is 310 g/mol. The lowest BCUT2D eigenvalue weighted by molar-refractivity contribution is -0.123. The number of hydrogen-bond acceptors (Lipinski definition) is 4. The molecule has 5 nitrogen and oxygen atoms in total. The fraction of sp³-hybridized carbons (Fsp3) is 0.222. The zero-order valence-corrected chi connectivity index (χ0v) is 12.9. The summed E-state index contributed by atoms with van der Waals surface area (Å²) < 4.78 is 10.6. The molecule has 0 aliphatic rings. The normalized spacial score (nSPS) is 9.74. The zero-order chi connectivity index (χ0) is 16.5. The van der Waals surface area contributed by atoms with Crippen LogP contribution in [-0.2, 0) is 17.8 Å². The van der Waals surface area contributed by atoms with Gasteiger partial charge in [-0.05, 0) is 35.4 Å². The van der Waals surface area contributed by atoms with Gasteiger partial charge < -0.3 is 14.8 Å². The average molecular weight is 310 g/mol. The topological polar surface area (TPSA) is 71.3 Å². The van der Waals surface area contributed by atoms with Crippen LogP contribution in [0.5, 0.6) is 11.5 Å². The third-order valence-corrected chi connectivity index (χ3v) is 3.20. The van der Waals surface area contributed by atoms with Crippen LogP contribution < -0.4 is 14.8 Å². The molecule has 0 aromatic heterocycles. The van der Waals surface area contributed by atoms with E-state index in [1.165, 1.54) is 0 Å². The highest BCUT2D eigenvalue weighted by atomic mass is 16.5. The number of nitrogens with zero attached hydrogens (tertiary/aromatic N) is 1. The fourth-order valence-electron chi connectivity index (χ4n) is 1.98. The Balaban J connectivity index is 1.77. The number of nitrogens with one attached hydrogen (secondary N) is 1. The first-order valence-corrected chi connectivity index (χ1v) is 7.19. The van der Waals surface area contributed by atoms with Crippen molar-refractivity contribution in [3.8, 4) is 17.6 Å². The summed E-state index contributed by atoms with van der Waals surface area (Å²) in [5.41, 5.74) is 1.88. The second-order valence-electron chi connectivity index (χ2n) is 4.90. The number of benzene rings is 2. The molecule has 1 amide bonds. The molecule has 0 atom stereocenters. The third-order valence-electron chi connectivity index (χ3n) is 3.20. The number of carbonyl (C=O) groups excluding carboxylic acids is 1. The van der Waals surface area contributed by atoms with E-state index in [9.17, 15) is 4.79 Å². The molecule has 0 saturated carbocycles. The minimum Gasteiger partial charge on any atom is -0.497 e. The highest BCUT2D eigenvalue weighted by Gasteiger charge is 2.04. The molecule has 5 heteroatoms. The molecule has 118 valence electrons. The first kappa shape index (κ1) is 16.4. The van der Waals surface area contributed by atoms with Crippen molar-refractivity contribution in [3.05, 3.63) is 59.7 Å². The van der Waals surface area contributed by atoms with Crippen molar-refractivity contribution in [3.63, 3.8) is 0 Å². The van der Waals surface area contributed by atoms with Gasteiger partial charge in [0.05, 0.1) is 19.6 Å². The Kier molecular flexibility index (Phi) is 6.01. The number of methoxy groups -OCH3 is 1. The van der Waals surface area contributed by atoms with Crippen LogP contribution in [0.15, 0.2) is 48.5 Å². The summed E-state index contributed by atoms with van der Waals surface area (Å²) in [7, 11) is 1.60. The first-order chi connectivity index (χ1) is 11.2. The molecule has 0 spiro atoms. The smallest absolute Gasteiger partial charge is 0.258 e. The molecule has 2 aromatic carbocycles. The molecular formula is C18H18N2O3. The third kappa shape index (κ3) is 5.36. The summed E-state index contributed by atoms with van der Waals surface area (Å²) in [6, 6.07) is 16.7. The van der Waals surface area contributed by atoms with Crippen LogP contribution >= 0.6 is 0 Å². The van der Waals surface area contributed by atoms with Crippen LogP contribution in [0.1, 0.15) is 11.1 Å². The molecule has 0 radical (unpaired) electrons. The summed E-state index contributed by atoms with van der Waals surface area (Å²) in [6.45, 7) is 0.363. The van der Waals surface area contributed by atoms with Crippen molar-refractivity contribution in [2.24, 2.45) is 0 Å². The van der Waals surface area contributed by atoms with Gasteiger partial charge >= 0.3 is 0 Å². The number of rotatable bonds is 7. The Morgan fingerprint density at radius 1 is 1.13 bits per heavy atom. The standard InChI is InChI=1S/C18H18N2O3/c1-22-17-4-2-3-15(11-17)12-20-18(21)13-23-16-7-5-14(6-8-16)9-10-19/h2-8,11H,9,12-13H2,1H3,(H,20,21). The summed E-state index contributed by atoms with van der Waals surface area (Å²) in [5.74, 6) is 1.16. The number of ether oxygens (including phenoxy) is 2. The van der Waals surface area contributed by atoms with E-state index < -0.39 is 0 Å². The van der Waals surface area contributed by atoms with Crippen LogP contribution in [0, 0.1) is 11.3 Å². The highest BCUT2D eigenvalue weighted by molar-refractivity contribution is 5.77. The van der Waals surface area contributed by atoms with Crippen LogP contribution in [0.3, 0.4) is 0 Å². The van der Waals surface area contributed by atoms with Gasteiger partial charge in [-0.1, -0.05) is 24.3 Å². The average Bonchev–Trinajstić information content (AvgIpc) is 2.60. The van der Waals surface area contributed by atoms with Crippen molar-refractivity contribution in [1.82, 2.24) is 5.32 Å². The lowest BCUT2D eigenvalue weighted by Crippen LogP contribution is -2.28. The molecule has 2 aromatic rings. The van der Waals surface area contributed by atoms with E-state index in [0.717, 1.165) is 16.9 Å². The number of hydrogen-bond donors (Lipinski definition) is 1. The lowest BCUT2D eigenvalue weighted by atomic mass is 10.2. The molecule has 0 aliphatic heterocycles. The van der Waals surface area contributed by atoms with Gasteiger partial charge in [0.15, 0.2) is 6.61 Å². The zero-order valence-electron chi connectivity index (χ0n) is 12.9. The minimum atomic E-state index is -0.200. The highest BCUT2D eigenvalue weighted by Crippen LogP contribution is 2.13. The Bertz CT molecular complexity index is 690. The van der Waals surface area contributed by atoms with Crippen LogP contribution in [0.2, 0.25) is 0 Å². The van der Waals surface area contributed by atoms with Gasteiger partial charge in [-0.3, -0.25) is 4.79 Å². The van der Waals surface area contributed by atoms with Gasteiger partial charge in [0.1, 0.15) is 11.5 Å². The van der Waals surface area contributed by atoms with Crippen molar-refractivity contribution >= 4 is 5.91 Å². The minimum absolute atomic E-state index is 0.0540. The van der Waals surface area contributed by atoms with Gasteiger partial charge in [-0.25, -0.2) is 0 Å². The Hall–Kier alpha value is -3.00. The van der Waals surface area contributed by atoms with Gasteiger partial charge in [0.25, 0.3) is 5.91 Å². The molecule has 2 rings (SSSR count). The van der Waals surface area contributed by atoms with Crippen molar-refractivity contribution in [2.45, 2.75) is 13.0 Å². The van der Waals surface area contributed by atoms with Gasteiger partial charge in [0, 0.05) is 6.54 Å². The molecule has 1 N–H and O–H groups in total. The molecule has 23 heavy (non-hydrogen) atoms. The maximum absolute atomic E-state index is 11.8. The van der Waals surface area contributed by atoms with Crippen LogP contribution in [0.4, 0.5) is 0 Å². The van der Waals surface area contributed by atoms with E-state index in [1.807, 2.05) is 36.4 Å². The summed E-state index contributed by atoms with van der Waals surface area (Å²) in [5, 5.41) is 11.4.